The largest absolute Gasteiger partial charge is 0.497 e. The van der Waals surface area contributed by atoms with Crippen LogP contribution in [-0.2, 0) is 6.42 Å². The molecule has 0 aliphatic heterocycles. The van der Waals surface area contributed by atoms with E-state index in [4.69, 9.17) is 4.74 Å². The Bertz CT molecular complexity index is 732. The number of hydrogen-bond donors (Lipinski definition) is 1. The smallest absolute Gasteiger partial charge is 0.118 e. The van der Waals surface area contributed by atoms with E-state index in [1.165, 1.54) is 10.8 Å². The SMILES string of the molecule is COc1ccc(C(O)Cc2ccc3ccccc3c2)cc1. The maximum Gasteiger partial charge on any atom is 0.118 e. The second-order valence-corrected chi connectivity index (χ2v) is 5.17. The molecule has 3 aromatic carbocycles. The first-order valence-electron chi connectivity index (χ1n) is 7.06. The molecule has 1 N–H and O–H groups in total. The van der Waals surface area contributed by atoms with Crippen molar-refractivity contribution in [2.24, 2.45) is 0 Å². The van der Waals surface area contributed by atoms with Gasteiger partial charge in [-0.2, -0.15) is 0 Å². The van der Waals surface area contributed by atoms with Crippen molar-refractivity contribution < 1.29 is 9.84 Å². The highest BCUT2D eigenvalue weighted by atomic mass is 16.5. The van der Waals surface area contributed by atoms with Crippen molar-refractivity contribution >= 4 is 10.8 Å². The summed E-state index contributed by atoms with van der Waals surface area (Å²) in [7, 11) is 1.64. The van der Waals surface area contributed by atoms with E-state index in [1.54, 1.807) is 7.11 Å². The minimum Gasteiger partial charge on any atom is -0.497 e. The summed E-state index contributed by atoms with van der Waals surface area (Å²) in [6.45, 7) is 0. The first-order valence-corrected chi connectivity index (χ1v) is 7.06. The van der Waals surface area contributed by atoms with Crippen LogP contribution in [0.5, 0.6) is 5.75 Å². The summed E-state index contributed by atoms with van der Waals surface area (Å²) in [5.41, 5.74) is 2.04. The second-order valence-electron chi connectivity index (χ2n) is 5.17. The molecule has 0 amide bonds. The van der Waals surface area contributed by atoms with Gasteiger partial charge in [0.15, 0.2) is 0 Å². The molecule has 0 fully saturated rings. The van der Waals surface area contributed by atoms with E-state index in [-0.39, 0.29) is 0 Å². The molecule has 0 saturated heterocycles. The third kappa shape index (κ3) is 3.06. The van der Waals surface area contributed by atoms with Gasteiger partial charge in [0.1, 0.15) is 5.75 Å². The fourth-order valence-corrected chi connectivity index (χ4v) is 2.53. The molecule has 21 heavy (non-hydrogen) atoms. The van der Waals surface area contributed by atoms with E-state index in [1.807, 2.05) is 36.4 Å². The highest BCUT2D eigenvalue weighted by molar-refractivity contribution is 5.83. The normalized spacial score (nSPS) is 12.3. The monoisotopic (exact) mass is 278 g/mol. The third-order valence-corrected chi connectivity index (χ3v) is 3.74. The lowest BCUT2D eigenvalue weighted by atomic mass is 9.99. The van der Waals surface area contributed by atoms with Crippen LogP contribution in [0, 0.1) is 0 Å². The van der Waals surface area contributed by atoms with Crippen molar-refractivity contribution in [3.63, 3.8) is 0 Å². The molecular formula is C19H18O2. The number of aliphatic hydroxyl groups is 1. The standard InChI is InChI=1S/C19H18O2/c1-21-18-10-8-16(9-11-18)19(20)13-14-6-7-15-4-2-3-5-17(15)12-14/h2-12,19-20H,13H2,1H3. The van der Waals surface area contributed by atoms with Crippen LogP contribution >= 0.6 is 0 Å². The molecule has 1 unspecified atom stereocenters. The summed E-state index contributed by atoms with van der Waals surface area (Å²) >= 11 is 0. The van der Waals surface area contributed by atoms with E-state index >= 15 is 0 Å². The van der Waals surface area contributed by atoms with Gasteiger partial charge in [-0.1, -0.05) is 54.6 Å². The Labute approximate surface area is 124 Å². The molecule has 0 aliphatic carbocycles. The minimum atomic E-state index is -0.503. The molecule has 0 radical (unpaired) electrons. The van der Waals surface area contributed by atoms with Crippen molar-refractivity contribution in [2.75, 3.05) is 7.11 Å². The molecule has 2 heteroatoms. The van der Waals surface area contributed by atoms with Crippen LogP contribution in [0.4, 0.5) is 0 Å². The van der Waals surface area contributed by atoms with Gasteiger partial charge < -0.3 is 9.84 Å². The predicted molar refractivity (Wildman–Crippen MR) is 85.6 cm³/mol. The van der Waals surface area contributed by atoms with Crippen molar-refractivity contribution in [1.82, 2.24) is 0 Å². The van der Waals surface area contributed by atoms with Gasteiger partial charge in [0.2, 0.25) is 0 Å². The van der Waals surface area contributed by atoms with Gasteiger partial charge in [-0.15, -0.1) is 0 Å². The first-order chi connectivity index (χ1) is 10.3. The zero-order valence-electron chi connectivity index (χ0n) is 12.0. The minimum absolute atomic E-state index is 0.503. The molecular weight excluding hydrogens is 260 g/mol. The molecule has 0 spiro atoms. The molecule has 0 saturated carbocycles. The predicted octanol–water partition coefficient (Wildman–Crippen LogP) is 4.12. The third-order valence-electron chi connectivity index (χ3n) is 3.74. The van der Waals surface area contributed by atoms with Crippen LogP contribution in [0.25, 0.3) is 10.8 Å². The zero-order chi connectivity index (χ0) is 14.7. The number of fused-ring (bicyclic) bond motifs is 1. The van der Waals surface area contributed by atoms with Crippen LogP contribution in [-0.4, -0.2) is 12.2 Å². The molecule has 106 valence electrons. The van der Waals surface area contributed by atoms with Crippen molar-refractivity contribution in [3.8, 4) is 5.75 Å². The Morgan fingerprint density at radius 3 is 2.33 bits per heavy atom. The van der Waals surface area contributed by atoms with Crippen molar-refractivity contribution in [1.29, 1.82) is 0 Å². The number of ether oxygens (including phenoxy) is 1. The fourth-order valence-electron chi connectivity index (χ4n) is 2.53. The Balaban J connectivity index is 1.79. The van der Waals surface area contributed by atoms with Crippen LogP contribution in [0.3, 0.4) is 0 Å². The summed E-state index contributed by atoms with van der Waals surface area (Å²) in [5, 5.41) is 12.8. The van der Waals surface area contributed by atoms with E-state index in [0.717, 1.165) is 16.9 Å². The van der Waals surface area contributed by atoms with Crippen molar-refractivity contribution in [3.05, 3.63) is 77.9 Å². The Hall–Kier alpha value is -2.32. The highest BCUT2D eigenvalue weighted by Gasteiger charge is 2.09. The Kier molecular flexibility index (Phi) is 3.89. The lowest BCUT2D eigenvalue weighted by Crippen LogP contribution is -2.01. The second kappa shape index (κ2) is 5.98. The Morgan fingerprint density at radius 2 is 1.62 bits per heavy atom. The molecule has 0 aromatic heterocycles. The molecule has 3 rings (SSSR count). The molecule has 1 atom stereocenters. The van der Waals surface area contributed by atoms with Crippen LogP contribution < -0.4 is 4.74 Å². The summed E-state index contributed by atoms with van der Waals surface area (Å²) in [4.78, 5) is 0. The number of rotatable bonds is 4. The van der Waals surface area contributed by atoms with Crippen LogP contribution in [0.15, 0.2) is 66.7 Å². The average molecular weight is 278 g/mol. The maximum atomic E-state index is 10.4. The number of benzene rings is 3. The van der Waals surface area contributed by atoms with Crippen LogP contribution in [0.1, 0.15) is 17.2 Å². The van der Waals surface area contributed by atoms with Gasteiger partial charge in [-0.3, -0.25) is 0 Å². The lowest BCUT2D eigenvalue weighted by molar-refractivity contribution is 0.178. The van der Waals surface area contributed by atoms with Gasteiger partial charge in [-0.05, 0) is 34.0 Å². The molecule has 0 aliphatic rings. The quantitative estimate of drug-likeness (QED) is 0.777. The number of hydrogen-bond acceptors (Lipinski definition) is 2. The Morgan fingerprint density at radius 1 is 0.905 bits per heavy atom. The van der Waals surface area contributed by atoms with E-state index in [0.29, 0.717) is 6.42 Å². The summed E-state index contributed by atoms with van der Waals surface area (Å²) in [6, 6.07) is 22.1. The van der Waals surface area contributed by atoms with Gasteiger partial charge in [0.25, 0.3) is 0 Å². The van der Waals surface area contributed by atoms with Gasteiger partial charge in [0.05, 0.1) is 13.2 Å². The van der Waals surface area contributed by atoms with E-state index < -0.39 is 6.10 Å². The lowest BCUT2D eigenvalue weighted by Gasteiger charge is -2.12. The first kappa shape index (κ1) is 13.7. The number of methoxy groups -OCH3 is 1. The highest BCUT2D eigenvalue weighted by Crippen LogP contribution is 2.23. The summed E-state index contributed by atoms with van der Waals surface area (Å²) < 4.78 is 5.13. The number of aliphatic hydroxyl groups excluding tert-OH is 1. The molecule has 3 aromatic rings. The fraction of sp³-hybridized carbons (Fsp3) is 0.158. The molecule has 2 nitrogen and oxygen atoms in total. The summed E-state index contributed by atoms with van der Waals surface area (Å²) in [5.74, 6) is 0.802. The van der Waals surface area contributed by atoms with E-state index in [9.17, 15) is 5.11 Å². The molecule has 0 bridgehead atoms. The zero-order valence-corrected chi connectivity index (χ0v) is 12.0. The van der Waals surface area contributed by atoms with Crippen molar-refractivity contribution in [2.45, 2.75) is 12.5 Å². The van der Waals surface area contributed by atoms with Gasteiger partial charge in [-0.25, -0.2) is 0 Å². The van der Waals surface area contributed by atoms with Gasteiger partial charge in [0, 0.05) is 6.42 Å². The summed E-state index contributed by atoms with van der Waals surface area (Å²) in [6.07, 6.45) is 0.106. The van der Waals surface area contributed by atoms with E-state index in [2.05, 4.69) is 30.3 Å². The molecule has 0 heterocycles. The van der Waals surface area contributed by atoms with Gasteiger partial charge >= 0.3 is 0 Å². The topological polar surface area (TPSA) is 29.5 Å². The van der Waals surface area contributed by atoms with Crippen LogP contribution in [0.2, 0.25) is 0 Å². The maximum absolute atomic E-state index is 10.4. The average Bonchev–Trinajstić information content (AvgIpc) is 2.55.